The molecule has 0 aromatic heterocycles. The average Bonchev–Trinajstić information content (AvgIpc) is 2.41. The summed E-state index contributed by atoms with van der Waals surface area (Å²) >= 11 is 0. The normalized spacial score (nSPS) is 19.1. The van der Waals surface area contributed by atoms with Gasteiger partial charge in [0.25, 0.3) is 0 Å². The Bertz CT molecular complexity index is 639. The minimum atomic E-state index is -3.54. The first kappa shape index (κ1) is 14.5. The lowest BCUT2D eigenvalue weighted by Gasteiger charge is -2.23. The summed E-state index contributed by atoms with van der Waals surface area (Å²) in [5.74, 6) is -0.295. The van der Waals surface area contributed by atoms with Crippen molar-refractivity contribution in [3.8, 4) is 6.07 Å². The molecule has 106 valence electrons. The van der Waals surface area contributed by atoms with E-state index in [-0.39, 0.29) is 17.7 Å². The molecular formula is C13H15N3O3S. The van der Waals surface area contributed by atoms with Crippen molar-refractivity contribution in [3.05, 3.63) is 35.4 Å². The highest BCUT2D eigenvalue weighted by molar-refractivity contribution is 7.88. The van der Waals surface area contributed by atoms with Gasteiger partial charge in [-0.15, -0.1) is 0 Å². The molecule has 1 atom stereocenters. The fourth-order valence-corrected chi connectivity index (χ4v) is 3.54. The maximum atomic E-state index is 12.1. The Morgan fingerprint density at radius 1 is 1.40 bits per heavy atom. The van der Waals surface area contributed by atoms with Gasteiger partial charge >= 0.3 is 0 Å². The third-order valence-corrected chi connectivity index (χ3v) is 4.48. The molecule has 2 N–H and O–H groups in total. The van der Waals surface area contributed by atoms with E-state index < -0.39 is 10.0 Å². The highest BCUT2D eigenvalue weighted by Gasteiger charge is 2.23. The molecule has 7 heteroatoms. The fourth-order valence-electron chi connectivity index (χ4n) is 2.09. The molecule has 6 nitrogen and oxygen atoms in total. The fraction of sp³-hybridized carbons (Fsp3) is 0.385. The van der Waals surface area contributed by atoms with Crippen molar-refractivity contribution in [2.24, 2.45) is 0 Å². The predicted molar refractivity (Wildman–Crippen MR) is 72.9 cm³/mol. The maximum absolute atomic E-state index is 12.1. The number of nitrogens with one attached hydrogen (secondary N) is 2. The number of piperidine rings is 1. The Labute approximate surface area is 117 Å². The van der Waals surface area contributed by atoms with Crippen LogP contribution < -0.4 is 10.0 Å². The van der Waals surface area contributed by atoms with Crippen LogP contribution in [0, 0.1) is 11.3 Å². The minimum absolute atomic E-state index is 0.0599. The van der Waals surface area contributed by atoms with Crippen LogP contribution in [-0.4, -0.2) is 26.9 Å². The number of rotatable bonds is 4. The number of hydrogen-bond acceptors (Lipinski definition) is 4. The van der Waals surface area contributed by atoms with Gasteiger partial charge in [0.1, 0.15) is 0 Å². The minimum Gasteiger partial charge on any atom is -0.355 e. The topological polar surface area (TPSA) is 99.1 Å². The molecule has 0 bridgehead atoms. The van der Waals surface area contributed by atoms with Crippen molar-refractivity contribution in [2.75, 3.05) is 6.54 Å². The number of nitriles is 1. The van der Waals surface area contributed by atoms with Crippen molar-refractivity contribution in [3.63, 3.8) is 0 Å². The first-order chi connectivity index (χ1) is 9.50. The molecular weight excluding hydrogens is 278 g/mol. The summed E-state index contributed by atoms with van der Waals surface area (Å²) in [6.07, 6.45) is 0.812. The molecule has 1 aromatic carbocycles. The van der Waals surface area contributed by atoms with Crippen LogP contribution in [0.25, 0.3) is 0 Å². The van der Waals surface area contributed by atoms with Crippen LogP contribution in [0.4, 0.5) is 0 Å². The second-order valence-corrected chi connectivity index (χ2v) is 6.44. The van der Waals surface area contributed by atoms with Gasteiger partial charge in [0.2, 0.25) is 15.9 Å². The van der Waals surface area contributed by atoms with Gasteiger partial charge in [0.15, 0.2) is 0 Å². The number of amides is 1. The lowest BCUT2D eigenvalue weighted by molar-refractivity contribution is -0.122. The van der Waals surface area contributed by atoms with Crippen molar-refractivity contribution < 1.29 is 13.2 Å². The Morgan fingerprint density at radius 2 is 2.15 bits per heavy atom. The van der Waals surface area contributed by atoms with Crippen LogP contribution in [0.15, 0.2) is 24.3 Å². The van der Waals surface area contributed by atoms with E-state index in [4.69, 9.17) is 5.26 Å². The zero-order valence-corrected chi connectivity index (χ0v) is 11.6. The molecule has 0 radical (unpaired) electrons. The highest BCUT2D eigenvalue weighted by Crippen LogP contribution is 2.12. The third kappa shape index (κ3) is 3.79. The van der Waals surface area contributed by atoms with E-state index in [0.717, 1.165) is 0 Å². The molecule has 0 saturated carbocycles. The zero-order chi connectivity index (χ0) is 14.6. The quantitative estimate of drug-likeness (QED) is 0.831. The molecule has 1 heterocycles. The summed E-state index contributed by atoms with van der Waals surface area (Å²) in [6, 6.07) is 8.30. The van der Waals surface area contributed by atoms with Gasteiger partial charge in [-0.25, -0.2) is 13.1 Å². The van der Waals surface area contributed by atoms with E-state index in [2.05, 4.69) is 10.0 Å². The molecule has 1 aromatic rings. The molecule has 1 unspecified atom stereocenters. The first-order valence-electron chi connectivity index (χ1n) is 6.25. The summed E-state index contributed by atoms with van der Waals surface area (Å²) in [4.78, 5) is 11.0. The molecule has 1 aliphatic heterocycles. The SMILES string of the molecule is N#Cc1ccccc1CS(=O)(=O)NC1CCC(=O)NC1. The number of benzene rings is 1. The molecule has 0 aliphatic carbocycles. The van der Waals surface area contributed by atoms with Crippen molar-refractivity contribution >= 4 is 15.9 Å². The van der Waals surface area contributed by atoms with E-state index in [0.29, 0.717) is 30.5 Å². The highest BCUT2D eigenvalue weighted by atomic mass is 32.2. The van der Waals surface area contributed by atoms with Gasteiger partial charge in [-0.2, -0.15) is 5.26 Å². The third-order valence-electron chi connectivity index (χ3n) is 3.10. The van der Waals surface area contributed by atoms with Gasteiger partial charge in [0, 0.05) is 19.0 Å². The van der Waals surface area contributed by atoms with Gasteiger partial charge in [-0.05, 0) is 18.1 Å². The van der Waals surface area contributed by atoms with E-state index in [1.165, 1.54) is 0 Å². The van der Waals surface area contributed by atoms with E-state index in [9.17, 15) is 13.2 Å². The van der Waals surface area contributed by atoms with Crippen molar-refractivity contribution in [1.82, 2.24) is 10.0 Å². The van der Waals surface area contributed by atoms with Crippen LogP contribution in [0.2, 0.25) is 0 Å². The van der Waals surface area contributed by atoms with Gasteiger partial charge in [-0.3, -0.25) is 4.79 Å². The van der Waals surface area contributed by atoms with Gasteiger partial charge < -0.3 is 5.32 Å². The first-order valence-corrected chi connectivity index (χ1v) is 7.90. The Morgan fingerprint density at radius 3 is 2.80 bits per heavy atom. The van der Waals surface area contributed by atoms with Gasteiger partial charge in [0.05, 0.1) is 17.4 Å². The number of sulfonamides is 1. The predicted octanol–water partition coefficient (Wildman–Crippen LogP) is 0.256. The zero-order valence-electron chi connectivity index (χ0n) is 10.8. The van der Waals surface area contributed by atoms with Crippen LogP contribution in [0.5, 0.6) is 0 Å². The standard InChI is InChI=1S/C13H15N3O3S/c14-7-10-3-1-2-4-11(10)9-20(18,19)16-12-5-6-13(17)15-8-12/h1-4,12,16H,5-6,8-9H2,(H,15,17). The smallest absolute Gasteiger partial charge is 0.220 e. The van der Waals surface area contributed by atoms with E-state index in [1.54, 1.807) is 24.3 Å². The number of hydrogen-bond donors (Lipinski definition) is 2. The largest absolute Gasteiger partial charge is 0.355 e. The van der Waals surface area contributed by atoms with Crippen LogP contribution in [0.3, 0.4) is 0 Å². The number of carbonyl (C=O) groups is 1. The molecule has 1 amide bonds. The molecule has 0 spiro atoms. The van der Waals surface area contributed by atoms with Crippen molar-refractivity contribution in [2.45, 2.75) is 24.6 Å². The van der Waals surface area contributed by atoms with Crippen LogP contribution >= 0.6 is 0 Å². The Kier molecular flexibility index (Phi) is 4.37. The van der Waals surface area contributed by atoms with Gasteiger partial charge in [-0.1, -0.05) is 18.2 Å². The molecule has 1 fully saturated rings. The van der Waals surface area contributed by atoms with Crippen LogP contribution in [0.1, 0.15) is 24.0 Å². The summed E-state index contributed by atoms with van der Waals surface area (Å²) in [6.45, 7) is 0.304. The van der Waals surface area contributed by atoms with Crippen molar-refractivity contribution in [1.29, 1.82) is 5.26 Å². The molecule has 1 aliphatic rings. The lowest BCUT2D eigenvalue weighted by atomic mass is 10.1. The second-order valence-electron chi connectivity index (χ2n) is 4.69. The lowest BCUT2D eigenvalue weighted by Crippen LogP contribution is -2.47. The molecule has 1 saturated heterocycles. The molecule has 2 rings (SSSR count). The summed E-state index contributed by atoms with van der Waals surface area (Å²) in [5.41, 5.74) is 0.831. The second kappa shape index (κ2) is 6.03. The Balaban J connectivity index is 2.04. The van der Waals surface area contributed by atoms with E-state index in [1.807, 2.05) is 6.07 Å². The van der Waals surface area contributed by atoms with Crippen LogP contribution in [-0.2, 0) is 20.6 Å². The summed E-state index contributed by atoms with van der Waals surface area (Å²) in [5, 5.41) is 11.6. The summed E-state index contributed by atoms with van der Waals surface area (Å²) < 4.78 is 26.7. The Hall–Kier alpha value is -1.91. The average molecular weight is 293 g/mol. The monoisotopic (exact) mass is 293 g/mol. The summed E-state index contributed by atoms with van der Waals surface area (Å²) in [7, 11) is -3.54. The maximum Gasteiger partial charge on any atom is 0.220 e. The number of carbonyl (C=O) groups excluding carboxylic acids is 1. The number of nitrogens with zero attached hydrogens (tertiary/aromatic N) is 1. The van der Waals surface area contributed by atoms with E-state index >= 15 is 0 Å². The molecule has 20 heavy (non-hydrogen) atoms.